The molecule has 1 amide bonds. The number of hydrogen-bond donors (Lipinski definition) is 2. The molecular formula is C10H16N2O4. The fourth-order valence-corrected chi connectivity index (χ4v) is 1.24. The van der Waals surface area contributed by atoms with Gasteiger partial charge in [0.2, 0.25) is 0 Å². The molecule has 90 valence electrons. The zero-order valence-electron chi connectivity index (χ0n) is 9.40. The zero-order chi connectivity index (χ0) is 12.0. The van der Waals surface area contributed by atoms with E-state index in [1.54, 1.807) is 6.92 Å². The summed E-state index contributed by atoms with van der Waals surface area (Å²) in [5.41, 5.74) is 0.418. The zero-order valence-corrected chi connectivity index (χ0v) is 9.40. The van der Waals surface area contributed by atoms with Crippen LogP contribution in [0.2, 0.25) is 0 Å². The number of aryl methyl sites for hydroxylation is 1. The summed E-state index contributed by atoms with van der Waals surface area (Å²) in [6, 6.07) is 0. The van der Waals surface area contributed by atoms with E-state index in [4.69, 9.17) is 9.26 Å². The highest BCUT2D eigenvalue weighted by atomic mass is 16.5. The number of amides is 1. The molecule has 1 unspecified atom stereocenters. The van der Waals surface area contributed by atoms with Gasteiger partial charge >= 0.3 is 0 Å². The van der Waals surface area contributed by atoms with Crippen molar-refractivity contribution >= 4 is 5.91 Å². The molecule has 16 heavy (non-hydrogen) atoms. The molecular weight excluding hydrogens is 212 g/mol. The van der Waals surface area contributed by atoms with Crippen LogP contribution in [-0.2, 0) is 4.74 Å². The number of methoxy groups -OCH3 is 1. The number of nitrogens with zero attached hydrogens (tertiary/aromatic N) is 1. The normalized spacial score (nSPS) is 12.4. The van der Waals surface area contributed by atoms with Crippen molar-refractivity contribution in [2.75, 3.05) is 20.3 Å². The van der Waals surface area contributed by atoms with Crippen LogP contribution in [0.1, 0.15) is 22.5 Å². The lowest BCUT2D eigenvalue weighted by Gasteiger charge is -2.09. The molecule has 0 bridgehead atoms. The molecule has 1 rings (SSSR count). The fraction of sp³-hybridized carbons (Fsp3) is 0.600. The van der Waals surface area contributed by atoms with Crippen LogP contribution in [0.3, 0.4) is 0 Å². The van der Waals surface area contributed by atoms with E-state index in [1.165, 1.54) is 13.3 Å². The standard InChI is InChI=1S/C10H16N2O4/c1-7-9(5-12-16-7)10(14)11-4-3-8(13)6-15-2/h5,8,13H,3-4,6H2,1-2H3,(H,11,14). The Labute approximate surface area is 93.6 Å². The van der Waals surface area contributed by atoms with Gasteiger partial charge in [-0.2, -0.15) is 0 Å². The second-order valence-electron chi connectivity index (χ2n) is 3.45. The lowest BCUT2D eigenvalue weighted by Crippen LogP contribution is -2.28. The molecule has 0 aliphatic rings. The smallest absolute Gasteiger partial charge is 0.256 e. The number of rotatable bonds is 6. The van der Waals surface area contributed by atoms with Crippen LogP contribution in [0.5, 0.6) is 0 Å². The van der Waals surface area contributed by atoms with Crippen molar-refractivity contribution in [1.29, 1.82) is 0 Å². The Hall–Kier alpha value is -1.40. The van der Waals surface area contributed by atoms with E-state index in [0.29, 0.717) is 24.3 Å². The van der Waals surface area contributed by atoms with E-state index in [1.807, 2.05) is 0 Å². The topological polar surface area (TPSA) is 84.6 Å². The van der Waals surface area contributed by atoms with Crippen molar-refractivity contribution in [3.8, 4) is 0 Å². The first-order valence-electron chi connectivity index (χ1n) is 5.01. The largest absolute Gasteiger partial charge is 0.391 e. The van der Waals surface area contributed by atoms with Crippen molar-refractivity contribution in [1.82, 2.24) is 10.5 Å². The molecule has 1 heterocycles. The van der Waals surface area contributed by atoms with Crippen molar-refractivity contribution < 1.29 is 19.2 Å². The first-order chi connectivity index (χ1) is 7.65. The molecule has 6 heteroatoms. The maximum atomic E-state index is 11.5. The van der Waals surface area contributed by atoms with Crippen LogP contribution < -0.4 is 5.32 Å². The third kappa shape index (κ3) is 3.63. The lowest BCUT2D eigenvalue weighted by atomic mass is 10.2. The highest BCUT2D eigenvalue weighted by Gasteiger charge is 2.12. The second kappa shape index (κ2) is 6.24. The lowest BCUT2D eigenvalue weighted by molar-refractivity contribution is 0.0587. The van der Waals surface area contributed by atoms with Gasteiger partial charge in [-0.1, -0.05) is 5.16 Å². The number of aliphatic hydroxyl groups excluding tert-OH is 1. The van der Waals surface area contributed by atoms with Gasteiger partial charge in [0.05, 0.1) is 18.9 Å². The van der Waals surface area contributed by atoms with Gasteiger partial charge in [0.15, 0.2) is 0 Å². The van der Waals surface area contributed by atoms with E-state index in [9.17, 15) is 9.90 Å². The van der Waals surface area contributed by atoms with Crippen molar-refractivity contribution in [2.24, 2.45) is 0 Å². The quantitative estimate of drug-likeness (QED) is 0.722. The third-order valence-electron chi connectivity index (χ3n) is 2.12. The van der Waals surface area contributed by atoms with Crippen molar-refractivity contribution in [3.63, 3.8) is 0 Å². The Morgan fingerprint density at radius 3 is 3.06 bits per heavy atom. The van der Waals surface area contributed by atoms with Gasteiger partial charge in [0.25, 0.3) is 5.91 Å². The van der Waals surface area contributed by atoms with Crippen molar-refractivity contribution in [3.05, 3.63) is 17.5 Å². The SMILES string of the molecule is COCC(O)CCNC(=O)c1cnoc1C. The van der Waals surface area contributed by atoms with Crippen molar-refractivity contribution in [2.45, 2.75) is 19.4 Å². The second-order valence-corrected chi connectivity index (χ2v) is 3.45. The van der Waals surface area contributed by atoms with E-state index < -0.39 is 6.10 Å². The van der Waals surface area contributed by atoms with Crippen LogP contribution >= 0.6 is 0 Å². The number of aromatic nitrogens is 1. The molecule has 0 saturated heterocycles. The minimum Gasteiger partial charge on any atom is -0.391 e. The first-order valence-corrected chi connectivity index (χ1v) is 5.01. The van der Waals surface area contributed by atoms with Gasteiger partial charge in [-0.3, -0.25) is 4.79 Å². The van der Waals surface area contributed by atoms with Crippen LogP contribution in [0.15, 0.2) is 10.7 Å². The Balaban J connectivity index is 2.29. The Morgan fingerprint density at radius 2 is 2.50 bits per heavy atom. The summed E-state index contributed by atoms with van der Waals surface area (Å²) in [5.74, 6) is 0.235. The number of carbonyl (C=O) groups is 1. The van der Waals surface area contributed by atoms with E-state index in [-0.39, 0.29) is 12.5 Å². The first kappa shape index (κ1) is 12.7. The van der Waals surface area contributed by atoms with Gasteiger partial charge in [-0.25, -0.2) is 0 Å². The molecule has 6 nitrogen and oxygen atoms in total. The molecule has 0 radical (unpaired) electrons. The minimum absolute atomic E-state index is 0.247. The summed E-state index contributed by atoms with van der Waals surface area (Å²) in [4.78, 5) is 11.5. The molecule has 0 aromatic carbocycles. The number of aliphatic hydroxyl groups is 1. The van der Waals surface area contributed by atoms with Gasteiger partial charge in [-0.05, 0) is 13.3 Å². The maximum Gasteiger partial charge on any atom is 0.256 e. The summed E-state index contributed by atoms with van der Waals surface area (Å²) < 4.78 is 9.54. The molecule has 0 fully saturated rings. The molecule has 0 aliphatic carbocycles. The average Bonchev–Trinajstić information content (AvgIpc) is 2.64. The van der Waals surface area contributed by atoms with E-state index in [2.05, 4.69) is 10.5 Å². The number of ether oxygens (including phenoxy) is 1. The summed E-state index contributed by atoms with van der Waals surface area (Å²) in [5, 5.41) is 15.5. The molecule has 0 aliphatic heterocycles. The van der Waals surface area contributed by atoms with Crippen LogP contribution in [0.4, 0.5) is 0 Å². The Morgan fingerprint density at radius 1 is 1.75 bits per heavy atom. The third-order valence-corrected chi connectivity index (χ3v) is 2.12. The number of carbonyl (C=O) groups excluding carboxylic acids is 1. The highest BCUT2D eigenvalue weighted by molar-refractivity contribution is 5.94. The highest BCUT2D eigenvalue weighted by Crippen LogP contribution is 2.05. The number of hydrogen-bond acceptors (Lipinski definition) is 5. The van der Waals surface area contributed by atoms with Gasteiger partial charge in [0.1, 0.15) is 11.3 Å². The predicted octanol–water partition coefficient (Wildman–Crippen LogP) is 0.110. The molecule has 0 saturated carbocycles. The van der Waals surface area contributed by atoms with E-state index >= 15 is 0 Å². The van der Waals surface area contributed by atoms with Gasteiger partial charge in [-0.15, -0.1) is 0 Å². The van der Waals surface area contributed by atoms with Gasteiger partial charge < -0.3 is 19.7 Å². The predicted molar refractivity (Wildman–Crippen MR) is 56.1 cm³/mol. The molecule has 1 atom stereocenters. The van der Waals surface area contributed by atoms with E-state index in [0.717, 1.165) is 0 Å². The maximum absolute atomic E-state index is 11.5. The summed E-state index contributed by atoms with van der Waals surface area (Å²) in [6.45, 7) is 2.32. The van der Waals surface area contributed by atoms with Crippen LogP contribution in [0, 0.1) is 6.92 Å². The minimum atomic E-state index is -0.561. The molecule has 0 spiro atoms. The Kier molecular flexibility index (Phi) is 4.94. The Bertz CT molecular complexity index is 337. The summed E-state index contributed by atoms with van der Waals surface area (Å²) in [7, 11) is 1.52. The van der Waals surface area contributed by atoms with Crippen LogP contribution in [-0.4, -0.2) is 42.5 Å². The molecule has 1 aromatic rings. The summed E-state index contributed by atoms with van der Waals surface area (Å²) >= 11 is 0. The monoisotopic (exact) mass is 228 g/mol. The fourth-order valence-electron chi connectivity index (χ4n) is 1.24. The van der Waals surface area contributed by atoms with Crippen LogP contribution in [0.25, 0.3) is 0 Å². The van der Waals surface area contributed by atoms with Gasteiger partial charge in [0, 0.05) is 13.7 Å². The average molecular weight is 228 g/mol. The molecule has 2 N–H and O–H groups in total. The molecule has 1 aromatic heterocycles. The number of nitrogens with one attached hydrogen (secondary N) is 1. The summed E-state index contributed by atoms with van der Waals surface area (Å²) in [6.07, 6.45) is 1.26.